The molecule has 0 saturated carbocycles. The van der Waals surface area contributed by atoms with Crippen LogP contribution in [-0.2, 0) is 29.9 Å². The Bertz CT molecular complexity index is 706. The summed E-state index contributed by atoms with van der Waals surface area (Å²) < 4.78 is 10.2. The summed E-state index contributed by atoms with van der Waals surface area (Å²) in [5, 5.41) is 0. The van der Waals surface area contributed by atoms with E-state index < -0.39 is 10.8 Å². The maximum atomic E-state index is 12.7. The molecule has 24 heavy (non-hydrogen) atoms. The molecule has 4 heteroatoms. The van der Waals surface area contributed by atoms with Gasteiger partial charge in [-0.05, 0) is 36.1 Å². The zero-order valence-electron chi connectivity index (χ0n) is 14.3. The molecule has 2 aromatic rings. The first-order valence-corrected chi connectivity index (χ1v) is 7.79. The lowest BCUT2D eigenvalue weighted by Gasteiger charge is -2.43. The summed E-state index contributed by atoms with van der Waals surface area (Å²) >= 11 is 0. The van der Waals surface area contributed by atoms with Crippen LogP contribution in [0, 0.1) is 0 Å². The van der Waals surface area contributed by atoms with Crippen molar-refractivity contribution in [2.45, 2.75) is 24.7 Å². The summed E-state index contributed by atoms with van der Waals surface area (Å²) in [7, 11) is 2.76. The van der Waals surface area contributed by atoms with E-state index in [1.165, 1.54) is 14.2 Å². The van der Waals surface area contributed by atoms with Gasteiger partial charge in [-0.25, -0.2) is 0 Å². The van der Waals surface area contributed by atoms with Gasteiger partial charge >= 0.3 is 11.9 Å². The van der Waals surface area contributed by atoms with Crippen LogP contribution < -0.4 is 0 Å². The Balaban J connectivity index is 2.45. The highest BCUT2D eigenvalue weighted by molar-refractivity contribution is 5.96. The molecule has 1 aliphatic rings. The number of carbonyl (C=O) groups excluding carboxylic acids is 2. The van der Waals surface area contributed by atoms with Crippen molar-refractivity contribution in [2.75, 3.05) is 14.2 Å². The largest absolute Gasteiger partial charge is 0.468 e. The fraction of sp³-hybridized carbons (Fsp3) is 0.300. The van der Waals surface area contributed by atoms with E-state index >= 15 is 0 Å². The van der Waals surface area contributed by atoms with Crippen molar-refractivity contribution in [3.63, 3.8) is 0 Å². The van der Waals surface area contributed by atoms with Crippen molar-refractivity contribution >= 4 is 11.9 Å². The molecular weight excluding hydrogens is 304 g/mol. The number of esters is 2. The molecule has 0 spiro atoms. The summed E-state index contributed by atoms with van der Waals surface area (Å²) in [5.41, 5.74) is 1.11. The standard InChI is InChI=1S/C20H20O4/c1-19(17(21)23-3)13-9-5-7-11-15(13)20(2,18(22)24-4)16-12-8-6-10-14(16)19/h5-12H,1-4H3. The molecule has 4 nitrogen and oxygen atoms in total. The van der Waals surface area contributed by atoms with Crippen LogP contribution in [0.5, 0.6) is 0 Å². The zero-order valence-corrected chi connectivity index (χ0v) is 14.3. The van der Waals surface area contributed by atoms with Crippen LogP contribution in [0.4, 0.5) is 0 Å². The van der Waals surface area contributed by atoms with Crippen molar-refractivity contribution in [2.24, 2.45) is 0 Å². The van der Waals surface area contributed by atoms with Gasteiger partial charge in [0.05, 0.1) is 14.2 Å². The minimum absolute atomic E-state index is 0.352. The Morgan fingerprint density at radius 2 is 0.917 bits per heavy atom. The third kappa shape index (κ3) is 1.86. The Morgan fingerprint density at radius 1 is 0.667 bits per heavy atom. The van der Waals surface area contributed by atoms with Crippen molar-refractivity contribution < 1.29 is 19.1 Å². The fourth-order valence-corrected chi connectivity index (χ4v) is 3.85. The van der Waals surface area contributed by atoms with Gasteiger partial charge in [-0.2, -0.15) is 0 Å². The minimum atomic E-state index is -0.977. The van der Waals surface area contributed by atoms with Gasteiger partial charge in [0.1, 0.15) is 10.8 Å². The van der Waals surface area contributed by atoms with Crippen LogP contribution in [0.2, 0.25) is 0 Å². The summed E-state index contributed by atoms with van der Waals surface area (Å²) in [6, 6.07) is 15.0. The fourth-order valence-electron chi connectivity index (χ4n) is 3.85. The SMILES string of the molecule is COC(=O)C1(C)c2ccccc2C(C)(C(=O)OC)c2ccccc21. The summed E-state index contributed by atoms with van der Waals surface area (Å²) in [6.07, 6.45) is 0. The summed E-state index contributed by atoms with van der Waals surface area (Å²) in [5.74, 6) is -0.705. The van der Waals surface area contributed by atoms with E-state index in [1.54, 1.807) is 0 Å². The van der Waals surface area contributed by atoms with Gasteiger partial charge in [0.2, 0.25) is 0 Å². The molecule has 124 valence electrons. The Kier molecular flexibility index (Phi) is 3.71. The molecule has 0 radical (unpaired) electrons. The van der Waals surface area contributed by atoms with Crippen LogP contribution >= 0.6 is 0 Å². The van der Waals surface area contributed by atoms with Crippen molar-refractivity contribution in [3.8, 4) is 0 Å². The summed E-state index contributed by atoms with van der Waals surface area (Å²) in [6.45, 7) is 3.68. The molecule has 3 rings (SSSR count). The second-order valence-electron chi connectivity index (χ2n) is 6.32. The highest BCUT2D eigenvalue weighted by Gasteiger charge is 2.53. The van der Waals surface area contributed by atoms with Gasteiger partial charge in [0.25, 0.3) is 0 Å². The van der Waals surface area contributed by atoms with Crippen molar-refractivity contribution in [3.05, 3.63) is 70.8 Å². The van der Waals surface area contributed by atoms with E-state index in [0.717, 1.165) is 22.3 Å². The highest BCUT2D eigenvalue weighted by Crippen LogP contribution is 2.50. The molecule has 0 aromatic heterocycles. The Labute approximate surface area is 141 Å². The molecule has 2 aromatic carbocycles. The number of methoxy groups -OCH3 is 2. The second kappa shape index (κ2) is 5.48. The minimum Gasteiger partial charge on any atom is -0.468 e. The molecule has 0 saturated heterocycles. The Morgan fingerprint density at radius 3 is 1.12 bits per heavy atom. The van der Waals surface area contributed by atoms with Crippen LogP contribution in [0.3, 0.4) is 0 Å². The molecule has 0 bridgehead atoms. The molecule has 0 aliphatic heterocycles. The lowest BCUT2D eigenvalue weighted by Crippen LogP contribution is -2.48. The van der Waals surface area contributed by atoms with Crippen molar-refractivity contribution in [1.29, 1.82) is 0 Å². The van der Waals surface area contributed by atoms with E-state index in [4.69, 9.17) is 9.47 Å². The monoisotopic (exact) mass is 324 g/mol. The van der Waals surface area contributed by atoms with Crippen LogP contribution in [0.15, 0.2) is 48.5 Å². The number of hydrogen-bond acceptors (Lipinski definition) is 4. The third-order valence-corrected chi connectivity index (χ3v) is 5.20. The zero-order chi connectivity index (χ0) is 17.5. The molecule has 0 heterocycles. The summed E-state index contributed by atoms with van der Waals surface area (Å²) in [4.78, 5) is 25.5. The normalized spacial score (nSPS) is 24.5. The van der Waals surface area contributed by atoms with Crippen LogP contribution in [-0.4, -0.2) is 26.2 Å². The van der Waals surface area contributed by atoms with E-state index in [1.807, 2.05) is 62.4 Å². The van der Waals surface area contributed by atoms with Gasteiger partial charge in [-0.1, -0.05) is 48.5 Å². The molecule has 0 atom stereocenters. The smallest absolute Gasteiger partial charge is 0.320 e. The third-order valence-electron chi connectivity index (χ3n) is 5.20. The Hall–Kier alpha value is -2.62. The lowest BCUT2D eigenvalue weighted by molar-refractivity contribution is -0.148. The molecule has 1 aliphatic carbocycles. The van der Waals surface area contributed by atoms with Gasteiger partial charge in [0.15, 0.2) is 0 Å². The quantitative estimate of drug-likeness (QED) is 0.797. The van der Waals surface area contributed by atoms with Gasteiger partial charge in [0, 0.05) is 0 Å². The van der Waals surface area contributed by atoms with Crippen molar-refractivity contribution in [1.82, 2.24) is 0 Å². The first-order valence-electron chi connectivity index (χ1n) is 7.79. The molecule has 0 fully saturated rings. The van der Waals surface area contributed by atoms with E-state index in [2.05, 4.69) is 0 Å². The number of carbonyl (C=O) groups is 2. The molecule has 0 unspecified atom stereocenters. The van der Waals surface area contributed by atoms with Crippen LogP contribution in [0.1, 0.15) is 36.1 Å². The predicted molar refractivity (Wildman–Crippen MR) is 89.8 cm³/mol. The first-order chi connectivity index (χ1) is 11.4. The first kappa shape index (κ1) is 16.2. The average Bonchev–Trinajstić information content (AvgIpc) is 2.64. The number of benzene rings is 2. The lowest BCUT2D eigenvalue weighted by atomic mass is 9.58. The molecule has 0 amide bonds. The number of rotatable bonds is 2. The predicted octanol–water partition coefficient (Wildman–Crippen LogP) is 2.96. The van der Waals surface area contributed by atoms with Gasteiger partial charge < -0.3 is 9.47 Å². The topological polar surface area (TPSA) is 52.6 Å². The maximum absolute atomic E-state index is 12.7. The molecular formula is C20H20O4. The van der Waals surface area contributed by atoms with E-state index in [0.29, 0.717) is 0 Å². The number of fused-ring (bicyclic) bond motifs is 2. The average molecular weight is 324 g/mol. The highest BCUT2D eigenvalue weighted by atomic mass is 16.5. The molecule has 0 N–H and O–H groups in total. The second-order valence-corrected chi connectivity index (χ2v) is 6.32. The van der Waals surface area contributed by atoms with Gasteiger partial charge in [-0.3, -0.25) is 9.59 Å². The van der Waals surface area contributed by atoms with E-state index in [-0.39, 0.29) is 11.9 Å². The van der Waals surface area contributed by atoms with Crippen LogP contribution in [0.25, 0.3) is 0 Å². The van der Waals surface area contributed by atoms with E-state index in [9.17, 15) is 9.59 Å². The number of hydrogen-bond donors (Lipinski definition) is 0. The number of ether oxygens (including phenoxy) is 2. The maximum Gasteiger partial charge on any atom is 0.320 e. The van der Waals surface area contributed by atoms with Gasteiger partial charge in [-0.15, -0.1) is 0 Å².